The van der Waals surface area contributed by atoms with Crippen LogP contribution in [0, 0.1) is 0 Å². The molecule has 0 saturated heterocycles. The van der Waals surface area contributed by atoms with E-state index in [-0.39, 0.29) is 22.5 Å². The Labute approximate surface area is 66.5 Å². The molecule has 0 radical (unpaired) electrons. The lowest BCUT2D eigenvalue weighted by molar-refractivity contribution is 1.11. The van der Waals surface area contributed by atoms with Gasteiger partial charge in [0.15, 0.2) is 11.2 Å². The van der Waals surface area contributed by atoms with Gasteiger partial charge in [-0.2, -0.15) is 0 Å². The average Bonchev–Trinajstić information content (AvgIpc) is 2.04. The summed E-state index contributed by atoms with van der Waals surface area (Å²) in [6.45, 7) is 0. The number of nitrogens with one attached hydrogen (secondary N) is 1. The molecule has 0 aliphatic rings. The molecule has 12 heavy (non-hydrogen) atoms. The molecule has 2 aromatic rings. The van der Waals surface area contributed by atoms with Gasteiger partial charge in [0.25, 0.3) is 5.56 Å². The highest BCUT2D eigenvalue weighted by atomic mass is 16.1. The molecule has 2 heterocycles. The molecule has 0 amide bonds. The maximum atomic E-state index is 11.1. The van der Waals surface area contributed by atoms with Crippen molar-refractivity contribution >= 4 is 17.0 Å². The van der Waals surface area contributed by atoms with Crippen molar-refractivity contribution in [1.82, 2.24) is 19.9 Å². The van der Waals surface area contributed by atoms with Gasteiger partial charge in [0, 0.05) is 0 Å². The Hall–Kier alpha value is -1.98. The van der Waals surface area contributed by atoms with E-state index in [1.165, 1.54) is 12.5 Å². The number of hydrogen-bond donors (Lipinski definition) is 2. The van der Waals surface area contributed by atoms with Gasteiger partial charge < -0.3 is 10.7 Å². The second-order valence-corrected chi connectivity index (χ2v) is 2.20. The summed E-state index contributed by atoms with van der Waals surface area (Å²) >= 11 is 0. The van der Waals surface area contributed by atoms with Crippen molar-refractivity contribution in [3.8, 4) is 0 Å². The van der Waals surface area contributed by atoms with Crippen LogP contribution >= 0.6 is 0 Å². The quantitative estimate of drug-likeness (QED) is 0.535. The number of fused-ring (bicyclic) bond motifs is 1. The number of anilines is 1. The van der Waals surface area contributed by atoms with Crippen molar-refractivity contribution < 1.29 is 0 Å². The Balaban J connectivity index is 2.96. The molecule has 2 aromatic heterocycles. The van der Waals surface area contributed by atoms with E-state index < -0.39 is 0 Å². The third kappa shape index (κ3) is 0.895. The molecule has 6 nitrogen and oxygen atoms in total. The van der Waals surface area contributed by atoms with E-state index in [9.17, 15) is 4.79 Å². The van der Waals surface area contributed by atoms with E-state index in [0.717, 1.165) is 0 Å². The predicted molar refractivity (Wildman–Crippen MR) is 42.4 cm³/mol. The number of aromatic amines is 1. The molecule has 0 aromatic carbocycles. The van der Waals surface area contributed by atoms with Crippen LogP contribution in [0.15, 0.2) is 17.3 Å². The van der Waals surface area contributed by atoms with Gasteiger partial charge in [-0.1, -0.05) is 0 Å². The fourth-order valence-electron chi connectivity index (χ4n) is 0.863. The number of nitrogens with zero attached hydrogens (tertiary/aromatic N) is 3. The Bertz CT molecular complexity index is 477. The topological polar surface area (TPSA) is 97.5 Å². The minimum Gasteiger partial charge on any atom is -0.382 e. The molecule has 0 atom stereocenters. The zero-order chi connectivity index (χ0) is 8.55. The molecule has 60 valence electrons. The second kappa shape index (κ2) is 2.26. The zero-order valence-corrected chi connectivity index (χ0v) is 5.98. The molecule has 6 heteroatoms. The van der Waals surface area contributed by atoms with Gasteiger partial charge in [-0.15, -0.1) is 0 Å². The molecule has 0 saturated carbocycles. The van der Waals surface area contributed by atoms with Crippen molar-refractivity contribution in [2.75, 3.05) is 5.73 Å². The Morgan fingerprint density at radius 3 is 3.08 bits per heavy atom. The number of nitrogens with two attached hydrogens (primary N) is 1. The van der Waals surface area contributed by atoms with Crippen LogP contribution in [0.3, 0.4) is 0 Å². The van der Waals surface area contributed by atoms with Crippen molar-refractivity contribution in [2.24, 2.45) is 0 Å². The number of hydrogen-bond acceptors (Lipinski definition) is 5. The van der Waals surface area contributed by atoms with E-state index >= 15 is 0 Å². The Morgan fingerprint density at radius 2 is 2.25 bits per heavy atom. The number of nitrogen functional groups attached to an aromatic ring is 1. The van der Waals surface area contributed by atoms with Gasteiger partial charge >= 0.3 is 0 Å². The molecular formula is C6H5N5O. The van der Waals surface area contributed by atoms with Crippen molar-refractivity contribution in [1.29, 1.82) is 0 Å². The first-order chi connectivity index (χ1) is 5.77. The lowest BCUT2D eigenvalue weighted by atomic mass is 10.5. The van der Waals surface area contributed by atoms with Crippen molar-refractivity contribution in [2.45, 2.75) is 0 Å². The third-order valence-electron chi connectivity index (χ3n) is 1.37. The van der Waals surface area contributed by atoms with Crippen LogP contribution in [0.1, 0.15) is 0 Å². The normalized spacial score (nSPS) is 10.3. The predicted octanol–water partition coefficient (Wildman–Crippen LogP) is -0.705. The molecular weight excluding hydrogens is 158 g/mol. The molecule has 0 spiro atoms. The molecule has 0 unspecified atom stereocenters. The van der Waals surface area contributed by atoms with Crippen LogP contribution < -0.4 is 11.3 Å². The maximum absolute atomic E-state index is 11.1. The molecule has 3 N–H and O–H groups in total. The summed E-state index contributed by atoms with van der Waals surface area (Å²) in [4.78, 5) is 24.8. The van der Waals surface area contributed by atoms with Crippen LogP contribution in [-0.2, 0) is 0 Å². The van der Waals surface area contributed by atoms with Crippen LogP contribution in [0.4, 0.5) is 5.82 Å². The molecule has 0 bridgehead atoms. The highest BCUT2D eigenvalue weighted by Gasteiger charge is 2.00. The second-order valence-electron chi connectivity index (χ2n) is 2.20. The van der Waals surface area contributed by atoms with Gasteiger partial charge in [0.05, 0.1) is 12.5 Å². The zero-order valence-electron chi connectivity index (χ0n) is 5.98. The van der Waals surface area contributed by atoms with Gasteiger partial charge in [0.1, 0.15) is 5.82 Å². The lowest BCUT2D eigenvalue weighted by Crippen LogP contribution is -2.09. The lowest BCUT2D eigenvalue weighted by Gasteiger charge is -1.93. The largest absolute Gasteiger partial charge is 0.382 e. The summed E-state index contributed by atoms with van der Waals surface area (Å²) in [5.74, 6) is 0.251. The highest BCUT2D eigenvalue weighted by molar-refractivity contribution is 5.68. The summed E-state index contributed by atoms with van der Waals surface area (Å²) in [6.07, 6.45) is 2.58. The molecule has 0 aliphatic carbocycles. The SMILES string of the molecule is Nc1cnc2c(=O)[nH]cnc2n1. The summed E-state index contributed by atoms with van der Waals surface area (Å²) in [5.41, 5.74) is 5.50. The Morgan fingerprint density at radius 1 is 1.42 bits per heavy atom. The fourth-order valence-corrected chi connectivity index (χ4v) is 0.863. The summed E-state index contributed by atoms with van der Waals surface area (Å²) in [7, 11) is 0. The Kier molecular flexibility index (Phi) is 1.26. The molecule has 2 rings (SSSR count). The van der Waals surface area contributed by atoms with Gasteiger partial charge in [-0.25, -0.2) is 15.0 Å². The summed E-state index contributed by atoms with van der Waals surface area (Å²) < 4.78 is 0. The smallest absolute Gasteiger partial charge is 0.278 e. The van der Waals surface area contributed by atoms with E-state index in [2.05, 4.69) is 19.9 Å². The molecule has 0 aliphatic heterocycles. The van der Waals surface area contributed by atoms with Gasteiger partial charge in [0.2, 0.25) is 0 Å². The first kappa shape index (κ1) is 6.71. The summed E-state index contributed by atoms with van der Waals surface area (Å²) in [5, 5.41) is 0. The third-order valence-corrected chi connectivity index (χ3v) is 1.37. The van der Waals surface area contributed by atoms with Crippen molar-refractivity contribution in [3.05, 3.63) is 22.9 Å². The average molecular weight is 163 g/mol. The number of aromatic nitrogens is 4. The van der Waals surface area contributed by atoms with Crippen LogP contribution in [0.2, 0.25) is 0 Å². The van der Waals surface area contributed by atoms with E-state index in [1.54, 1.807) is 0 Å². The molecule has 0 fully saturated rings. The first-order valence-corrected chi connectivity index (χ1v) is 3.23. The fraction of sp³-hybridized carbons (Fsp3) is 0. The number of H-pyrrole nitrogens is 1. The monoisotopic (exact) mass is 163 g/mol. The van der Waals surface area contributed by atoms with Crippen LogP contribution in [0.5, 0.6) is 0 Å². The number of rotatable bonds is 0. The summed E-state index contributed by atoms with van der Waals surface area (Å²) in [6, 6.07) is 0. The standard InChI is InChI=1S/C6H5N5O/c7-3-1-8-4-5(11-3)9-2-10-6(4)12/h1-2H,(H3,7,9,10,11,12). The van der Waals surface area contributed by atoms with Crippen LogP contribution in [-0.4, -0.2) is 19.9 Å². The highest BCUT2D eigenvalue weighted by Crippen LogP contribution is 2.00. The van der Waals surface area contributed by atoms with Crippen molar-refractivity contribution in [3.63, 3.8) is 0 Å². The minimum absolute atomic E-state index is 0.201. The van der Waals surface area contributed by atoms with E-state index in [1.807, 2.05) is 0 Å². The maximum Gasteiger partial charge on any atom is 0.278 e. The first-order valence-electron chi connectivity index (χ1n) is 3.23. The minimum atomic E-state index is -0.312. The van der Waals surface area contributed by atoms with Crippen LogP contribution in [0.25, 0.3) is 11.2 Å². The van der Waals surface area contributed by atoms with E-state index in [4.69, 9.17) is 5.73 Å². The van der Waals surface area contributed by atoms with Gasteiger partial charge in [-0.3, -0.25) is 4.79 Å². The van der Waals surface area contributed by atoms with Gasteiger partial charge in [-0.05, 0) is 0 Å². The van der Waals surface area contributed by atoms with E-state index in [0.29, 0.717) is 0 Å².